The monoisotopic (exact) mass is 377 g/mol. The van der Waals surface area contributed by atoms with Crippen LogP contribution < -0.4 is 0 Å². The highest BCUT2D eigenvalue weighted by molar-refractivity contribution is 5.92. The number of amides is 2. The van der Waals surface area contributed by atoms with E-state index in [4.69, 9.17) is 0 Å². The van der Waals surface area contributed by atoms with Crippen LogP contribution in [-0.4, -0.2) is 51.8 Å². The SMILES string of the molecule is CC(=O)N1CC[C@H](c2ccccc2)[C@@H]2[C@H]1CCCCN2C(=O)c1ccccn1. The van der Waals surface area contributed by atoms with E-state index in [0.717, 1.165) is 32.2 Å². The van der Waals surface area contributed by atoms with Crippen molar-refractivity contribution in [2.75, 3.05) is 13.1 Å². The Morgan fingerprint density at radius 2 is 1.71 bits per heavy atom. The largest absolute Gasteiger partial charge is 0.338 e. The predicted octanol–water partition coefficient (Wildman–Crippen LogP) is 3.48. The molecule has 2 aliphatic heterocycles. The summed E-state index contributed by atoms with van der Waals surface area (Å²) in [4.78, 5) is 34.1. The third kappa shape index (κ3) is 3.53. The van der Waals surface area contributed by atoms with Gasteiger partial charge in [-0.1, -0.05) is 36.4 Å². The molecule has 1 aromatic heterocycles. The molecule has 3 heterocycles. The number of nitrogens with zero attached hydrogens (tertiary/aromatic N) is 3. The van der Waals surface area contributed by atoms with Crippen LogP contribution in [0.1, 0.15) is 54.6 Å². The lowest BCUT2D eigenvalue weighted by Gasteiger charge is -2.49. The first-order chi connectivity index (χ1) is 13.7. The number of fused-ring (bicyclic) bond motifs is 1. The highest BCUT2D eigenvalue weighted by Gasteiger charge is 2.45. The summed E-state index contributed by atoms with van der Waals surface area (Å²) < 4.78 is 0. The topological polar surface area (TPSA) is 53.5 Å². The summed E-state index contributed by atoms with van der Waals surface area (Å²) in [7, 11) is 0. The fourth-order valence-electron chi connectivity index (χ4n) is 4.93. The van der Waals surface area contributed by atoms with E-state index in [1.165, 1.54) is 5.56 Å². The van der Waals surface area contributed by atoms with Crippen molar-refractivity contribution < 1.29 is 9.59 Å². The summed E-state index contributed by atoms with van der Waals surface area (Å²) in [6.45, 7) is 3.11. The third-order valence-corrected chi connectivity index (χ3v) is 6.17. The molecule has 28 heavy (non-hydrogen) atoms. The van der Waals surface area contributed by atoms with Gasteiger partial charge in [0.2, 0.25) is 5.91 Å². The maximum absolute atomic E-state index is 13.4. The van der Waals surface area contributed by atoms with Gasteiger partial charge in [0.1, 0.15) is 5.69 Å². The Hall–Kier alpha value is -2.69. The Kier molecular flexibility index (Phi) is 5.42. The summed E-state index contributed by atoms with van der Waals surface area (Å²) in [5.41, 5.74) is 1.73. The molecule has 0 saturated carbocycles. The lowest BCUT2D eigenvalue weighted by Crippen LogP contribution is -2.60. The molecule has 2 aromatic rings. The maximum atomic E-state index is 13.4. The van der Waals surface area contributed by atoms with Gasteiger partial charge < -0.3 is 9.80 Å². The molecule has 5 heteroatoms. The van der Waals surface area contributed by atoms with Gasteiger partial charge in [0, 0.05) is 32.1 Å². The number of hydrogen-bond acceptors (Lipinski definition) is 3. The normalized spacial score (nSPS) is 25.0. The molecular formula is C23H27N3O2. The van der Waals surface area contributed by atoms with Gasteiger partial charge in [-0.15, -0.1) is 0 Å². The molecule has 2 aliphatic rings. The molecule has 146 valence electrons. The van der Waals surface area contributed by atoms with Crippen LogP contribution in [0, 0.1) is 0 Å². The average Bonchev–Trinajstić information content (AvgIpc) is 2.97. The second kappa shape index (κ2) is 8.13. The number of aromatic nitrogens is 1. The first-order valence-electron chi connectivity index (χ1n) is 10.2. The molecule has 2 amide bonds. The van der Waals surface area contributed by atoms with E-state index in [1.807, 2.05) is 28.0 Å². The molecule has 3 atom stereocenters. The number of rotatable bonds is 2. The summed E-state index contributed by atoms with van der Waals surface area (Å²) in [5.74, 6) is 0.310. The van der Waals surface area contributed by atoms with Gasteiger partial charge in [0.25, 0.3) is 5.91 Å². The minimum absolute atomic E-state index is 0.0166. The minimum Gasteiger partial charge on any atom is -0.338 e. The van der Waals surface area contributed by atoms with E-state index in [9.17, 15) is 9.59 Å². The van der Waals surface area contributed by atoms with Gasteiger partial charge >= 0.3 is 0 Å². The molecular weight excluding hydrogens is 350 g/mol. The van der Waals surface area contributed by atoms with E-state index >= 15 is 0 Å². The quantitative estimate of drug-likeness (QED) is 0.805. The van der Waals surface area contributed by atoms with Crippen molar-refractivity contribution in [2.24, 2.45) is 0 Å². The number of carbonyl (C=O) groups excluding carboxylic acids is 2. The lowest BCUT2D eigenvalue weighted by molar-refractivity contribution is -0.134. The Balaban J connectivity index is 1.76. The lowest BCUT2D eigenvalue weighted by atomic mass is 9.78. The van der Waals surface area contributed by atoms with Crippen LogP contribution in [0.25, 0.3) is 0 Å². The second-order valence-electron chi connectivity index (χ2n) is 7.79. The number of pyridine rings is 1. The van der Waals surface area contributed by atoms with Crippen molar-refractivity contribution in [3.8, 4) is 0 Å². The number of carbonyl (C=O) groups is 2. The van der Waals surface area contributed by atoms with Crippen LogP contribution in [0.5, 0.6) is 0 Å². The van der Waals surface area contributed by atoms with Crippen molar-refractivity contribution in [1.29, 1.82) is 0 Å². The molecule has 0 spiro atoms. The molecule has 0 bridgehead atoms. The van der Waals surface area contributed by atoms with E-state index in [0.29, 0.717) is 12.2 Å². The summed E-state index contributed by atoms with van der Waals surface area (Å²) in [5, 5.41) is 0. The summed E-state index contributed by atoms with van der Waals surface area (Å²) in [6.07, 6.45) is 5.47. The Labute approximate surface area is 166 Å². The van der Waals surface area contributed by atoms with Crippen molar-refractivity contribution in [3.05, 3.63) is 66.0 Å². The summed E-state index contributed by atoms with van der Waals surface area (Å²) >= 11 is 0. The Morgan fingerprint density at radius 3 is 2.43 bits per heavy atom. The Bertz CT molecular complexity index is 824. The van der Waals surface area contributed by atoms with Crippen LogP contribution in [0.3, 0.4) is 0 Å². The minimum atomic E-state index is -0.0242. The van der Waals surface area contributed by atoms with Crippen molar-refractivity contribution >= 4 is 11.8 Å². The van der Waals surface area contributed by atoms with Gasteiger partial charge in [-0.05, 0) is 43.4 Å². The van der Waals surface area contributed by atoms with Crippen LogP contribution in [0.2, 0.25) is 0 Å². The molecule has 1 aromatic carbocycles. The molecule has 0 unspecified atom stereocenters. The predicted molar refractivity (Wildman–Crippen MR) is 108 cm³/mol. The molecule has 4 rings (SSSR count). The number of likely N-dealkylation sites (tertiary alicyclic amines) is 2. The van der Waals surface area contributed by atoms with Gasteiger partial charge in [0.05, 0.1) is 12.1 Å². The van der Waals surface area contributed by atoms with Gasteiger partial charge in [-0.25, -0.2) is 0 Å². The van der Waals surface area contributed by atoms with E-state index in [2.05, 4.69) is 29.2 Å². The fourth-order valence-corrected chi connectivity index (χ4v) is 4.93. The molecule has 2 fully saturated rings. The zero-order chi connectivity index (χ0) is 19.5. The molecule has 0 N–H and O–H groups in total. The van der Waals surface area contributed by atoms with Crippen molar-refractivity contribution in [2.45, 2.75) is 50.6 Å². The smallest absolute Gasteiger partial charge is 0.272 e. The second-order valence-corrected chi connectivity index (χ2v) is 7.79. The highest BCUT2D eigenvalue weighted by Crippen LogP contribution is 2.39. The van der Waals surface area contributed by atoms with Gasteiger partial charge in [-0.2, -0.15) is 0 Å². The summed E-state index contributed by atoms with van der Waals surface area (Å²) in [6, 6.07) is 16.0. The first-order valence-corrected chi connectivity index (χ1v) is 10.2. The first kappa shape index (κ1) is 18.7. The van der Waals surface area contributed by atoms with Crippen LogP contribution in [0.15, 0.2) is 54.7 Å². The van der Waals surface area contributed by atoms with Crippen LogP contribution in [0.4, 0.5) is 0 Å². The highest BCUT2D eigenvalue weighted by atomic mass is 16.2. The Morgan fingerprint density at radius 1 is 0.929 bits per heavy atom. The van der Waals surface area contributed by atoms with Crippen molar-refractivity contribution in [1.82, 2.24) is 14.8 Å². The standard InChI is InChI=1S/C23H27N3O2/c1-17(27)25-16-13-19(18-9-3-2-4-10-18)22-21(25)12-6-8-15-26(22)23(28)20-11-5-7-14-24-20/h2-5,7,9-11,14,19,21-22H,6,8,12-13,15-16H2,1H3/t19-,21-,22-/m1/s1. The molecule has 0 aliphatic carbocycles. The van der Waals surface area contributed by atoms with Gasteiger partial charge in [-0.3, -0.25) is 14.6 Å². The van der Waals surface area contributed by atoms with Crippen LogP contribution in [-0.2, 0) is 4.79 Å². The fraction of sp³-hybridized carbons (Fsp3) is 0.435. The van der Waals surface area contributed by atoms with Gasteiger partial charge in [0.15, 0.2) is 0 Å². The number of benzene rings is 1. The van der Waals surface area contributed by atoms with E-state index < -0.39 is 0 Å². The zero-order valence-corrected chi connectivity index (χ0v) is 16.3. The van der Waals surface area contributed by atoms with E-state index in [-0.39, 0.29) is 29.8 Å². The molecule has 0 radical (unpaired) electrons. The third-order valence-electron chi connectivity index (χ3n) is 6.17. The van der Waals surface area contributed by atoms with E-state index in [1.54, 1.807) is 19.2 Å². The van der Waals surface area contributed by atoms with Crippen LogP contribution >= 0.6 is 0 Å². The number of piperidine rings is 1. The molecule has 2 saturated heterocycles. The zero-order valence-electron chi connectivity index (χ0n) is 16.3. The number of hydrogen-bond donors (Lipinski definition) is 0. The molecule has 5 nitrogen and oxygen atoms in total. The van der Waals surface area contributed by atoms with Crippen molar-refractivity contribution in [3.63, 3.8) is 0 Å². The average molecular weight is 377 g/mol. The maximum Gasteiger partial charge on any atom is 0.272 e.